The molecule has 2 heterocycles. The van der Waals surface area contributed by atoms with Crippen LogP contribution in [0.4, 0.5) is 13.2 Å². The van der Waals surface area contributed by atoms with E-state index in [2.05, 4.69) is 14.9 Å². The van der Waals surface area contributed by atoms with Gasteiger partial charge in [0.1, 0.15) is 5.52 Å². The lowest BCUT2D eigenvalue weighted by atomic mass is 9.76. The Morgan fingerprint density at radius 3 is 2.45 bits per heavy atom. The Kier molecular flexibility index (Phi) is 5.01. The van der Waals surface area contributed by atoms with Crippen molar-refractivity contribution in [1.29, 1.82) is 0 Å². The van der Waals surface area contributed by atoms with E-state index in [0.717, 1.165) is 38.8 Å². The minimum Gasteiger partial charge on any atom is -0.393 e. The molecule has 2 aliphatic carbocycles. The lowest BCUT2D eigenvalue weighted by Crippen LogP contribution is -2.56. The van der Waals surface area contributed by atoms with Gasteiger partial charge in [0.25, 0.3) is 5.91 Å². The maximum Gasteiger partial charge on any atom is 0.418 e. The number of alkyl halides is 3. The fourth-order valence-electron chi connectivity index (χ4n) is 4.87. The Morgan fingerprint density at radius 1 is 1.19 bits per heavy atom. The third-order valence-electron chi connectivity index (χ3n) is 7.12. The quantitative estimate of drug-likeness (QED) is 0.771. The average molecular weight is 436 g/mol. The number of aliphatic hydroxyl groups excluding tert-OH is 1. The van der Waals surface area contributed by atoms with Crippen LogP contribution in [0.5, 0.6) is 0 Å². The number of H-pyrrole nitrogens is 1. The topological polar surface area (TPSA) is 72.5 Å². The van der Waals surface area contributed by atoms with Crippen molar-refractivity contribution in [2.24, 2.45) is 5.92 Å². The molecule has 0 bridgehead atoms. The third kappa shape index (κ3) is 3.93. The van der Waals surface area contributed by atoms with Gasteiger partial charge in [0.05, 0.1) is 17.2 Å². The molecule has 1 amide bonds. The van der Waals surface area contributed by atoms with Crippen molar-refractivity contribution in [3.63, 3.8) is 0 Å². The van der Waals surface area contributed by atoms with E-state index < -0.39 is 11.7 Å². The number of nitrogens with zero attached hydrogens (tertiary/aromatic N) is 3. The van der Waals surface area contributed by atoms with Crippen molar-refractivity contribution >= 4 is 16.9 Å². The number of piperazine rings is 1. The number of hydrogen-bond donors (Lipinski definition) is 2. The van der Waals surface area contributed by atoms with Crippen LogP contribution in [0.15, 0.2) is 12.1 Å². The molecule has 0 spiro atoms. The van der Waals surface area contributed by atoms with E-state index in [1.165, 1.54) is 6.07 Å². The van der Waals surface area contributed by atoms with Gasteiger partial charge in [-0.25, -0.2) is 4.98 Å². The van der Waals surface area contributed by atoms with Crippen LogP contribution in [0.3, 0.4) is 0 Å². The van der Waals surface area contributed by atoms with Gasteiger partial charge in [0.15, 0.2) is 5.82 Å². The number of carbonyl (C=O) groups is 1. The molecule has 0 radical (unpaired) electrons. The summed E-state index contributed by atoms with van der Waals surface area (Å²) in [4.78, 5) is 23.9. The van der Waals surface area contributed by atoms with Crippen LogP contribution >= 0.6 is 0 Å². The second kappa shape index (κ2) is 7.48. The molecule has 3 aliphatic rings. The van der Waals surface area contributed by atoms with Crippen LogP contribution in [0, 0.1) is 5.92 Å². The Morgan fingerprint density at radius 2 is 1.87 bits per heavy atom. The second-order valence-electron chi connectivity index (χ2n) is 9.28. The fraction of sp³-hybridized carbons (Fsp3) is 0.636. The second-order valence-corrected chi connectivity index (χ2v) is 9.28. The van der Waals surface area contributed by atoms with Crippen LogP contribution in [0.1, 0.15) is 60.3 Å². The van der Waals surface area contributed by atoms with Crippen LogP contribution in [0.2, 0.25) is 0 Å². The number of carbonyl (C=O) groups excluding carboxylic acids is 1. The van der Waals surface area contributed by atoms with Crippen molar-refractivity contribution in [3.8, 4) is 0 Å². The molecule has 5 rings (SSSR count). The first-order valence-corrected chi connectivity index (χ1v) is 11.0. The average Bonchev–Trinajstić information content (AvgIpc) is 3.43. The molecule has 9 heteroatoms. The zero-order valence-electron chi connectivity index (χ0n) is 17.5. The zero-order chi connectivity index (χ0) is 21.9. The van der Waals surface area contributed by atoms with E-state index in [-0.39, 0.29) is 34.8 Å². The molecule has 1 aliphatic heterocycles. The van der Waals surface area contributed by atoms with Crippen molar-refractivity contribution in [1.82, 2.24) is 19.8 Å². The summed E-state index contributed by atoms with van der Waals surface area (Å²) in [6.07, 6.45) is -1.07. The molecule has 168 valence electrons. The Balaban J connectivity index is 1.30. The molecule has 1 unspecified atom stereocenters. The molecule has 6 nitrogen and oxygen atoms in total. The molecule has 2 N–H and O–H groups in total. The molecule has 1 aromatic heterocycles. The van der Waals surface area contributed by atoms with Gasteiger partial charge in [-0.05, 0) is 62.1 Å². The van der Waals surface area contributed by atoms with E-state index >= 15 is 0 Å². The van der Waals surface area contributed by atoms with Crippen molar-refractivity contribution in [2.75, 3.05) is 26.2 Å². The monoisotopic (exact) mass is 436 g/mol. The summed E-state index contributed by atoms with van der Waals surface area (Å²) in [6, 6.07) is 3.34. The summed E-state index contributed by atoms with van der Waals surface area (Å²) < 4.78 is 40.8. The summed E-state index contributed by atoms with van der Waals surface area (Å²) in [5, 5.41) is 9.66. The maximum atomic E-state index is 13.6. The molecule has 3 fully saturated rings. The van der Waals surface area contributed by atoms with E-state index in [9.17, 15) is 23.1 Å². The van der Waals surface area contributed by atoms with E-state index in [4.69, 9.17) is 0 Å². The number of benzene rings is 1. The van der Waals surface area contributed by atoms with Gasteiger partial charge in [-0.15, -0.1) is 0 Å². The molecule has 1 saturated heterocycles. The Bertz CT molecular complexity index is 985. The Labute approximate surface area is 178 Å². The highest BCUT2D eigenvalue weighted by Crippen LogP contribution is 2.44. The summed E-state index contributed by atoms with van der Waals surface area (Å²) in [6.45, 7) is 4.31. The molecule has 2 aromatic rings. The van der Waals surface area contributed by atoms with Gasteiger partial charge in [-0.2, -0.15) is 13.2 Å². The normalized spacial score (nSPS) is 26.2. The third-order valence-corrected chi connectivity index (χ3v) is 7.12. The van der Waals surface area contributed by atoms with Crippen LogP contribution < -0.4 is 0 Å². The number of imidazole rings is 1. The number of aliphatic hydroxyl groups is 1. The number of halogens is 3. The molecule has 2 saturated carbocycles. The summed E-state index contributed by atoms with van der Waals surface area (Å²) in [5.41, 5.74) is -0.0216. The highest BCUT2D eigenvalue weighted by Gasteiger charge is 2.39. The lowest BCUT2D eigenvalue weighted by molar-refractivity contribution is -0.136. The number of aromatic nitrogens is 2. The van der Waals surface area contributed by atoms with E-state index in [0.29, 0.717) is 30.6 Å². The first-order valence-electron chi connectivity index (χ1n) is 11.0. The largest absolute Gasteiger partial charge is 0.418 e. The molecular formula is C22H27F3N4O2. The Hall–Kier alpha value is -2.13. The highest BCUT2D eigenvalue weighted by atomic mass is 19.4. The standard InChI is InChI=1S/C22H27F3N4O2/c1-12(30)14-8-16(9-14)28-4-6-29(7-5-28)21(31)20-26-18-11-15(13-2-3-13)10-17(19(18)27-20)22(23,24)25/h10-14,16,30H,2-9H2,1H3,(H,26,27). The molecule has 31 heavy (non-hydrogen) atoms. The highest BCUT2D eigenvalue weighted by molar-refractivity contribution is 5.95. The van der Waals surface area contributed by atoms with Crippen LogP contribution in [0.25, 0.3) is 11.0 Å². The number of hydrogen-bond acceptors (Lipinski definition) is 4. The number of fused-ring (bicyclic) bond motifs is 1. The zero-order valence-corrected chi connectivity index (χ0v) is 17.5. The summed E-state index contributed by atoms with van der Waals surface area (Å²) in [5.74, 6) is 0.136. The van der Waals surface area contributed by atoms with Crippen molar-refractivity contribution < 1.29 is 23.1 Å². The SMILES string of the molecule is CC(O)C1CC(N2CCN(C(=O)c3nc4c(C(F)(F)F)cc(C5CC5)cc4[nH]3)CC2)C1. The number of aromatic amines is 1. The van der Waals surface area contributed by atoms with Gasteiger partial charge in [-0.3, -0.25) is 9.69 Å². The molecule has 1 atom stereocenters. The van der Waals surface area contributed by atoms with Gasteiger partial charge in [0, 0.05) is 32.2 Å². The van der Waals surface area contributed by atoms with Gasteiger partial charge in [-0.1, -0.05) is 0 Å². The van der Waals surface area contributed by atoms with Crippen molar-refractivity contribution in [2.45, 2.75) is 56.8 Å². The van der Waals surface area contributed by atoms with Crippen LogP contribution in [-0.2, 0) is 6.18 Å². The number of nitrogens with one attached hydrogen (secondary N) is 1. The lowest BCUT2D eigenvalue weighted by Gasteiger charge is -2.47. The van der Waals surface area contributed by atoms with Gasteiger partial charge >= 0.3 is 6.18 Å². The number of rotatable bonds is 4. The maximum absolute atomic E-state index is 13.6. The first-order chi connectivity index (χ1) is 14.7. The summed E-state index contributed by atoms with van der Waals surface area (Å²) in [7, 11) is 0. The molecule has 1 aromatic carbocycles. The molecular weight excluding hydrogens is 409 g/mol. The van der Waals surface area contributed by atoms with E-state index in [1.54, 1.807) is 11.0 Å². The number of amides is 1. The minimum atomic E-state index is -4.52. The van der Waals surface area contributed by atoms with Gasteiger partial charge < -0.3 is 15.0 Å². The van der Waals surface area contributed by atoms with E-state index in [1.807, 2.05) is 6.92 Å². The smallest absolute Gasteiger partial charge is 0.393 e. The summed E-state index contributed by atoms with van der Waals surface area (Å²) >= 11 is 0. The van der Waals surface area contributed by atoms with Crippen molar-refractivity contribution in [3.05, 3.63) is 29.1 Å². The van der Waals surface area contributed by atoms with Crippen LogP contribution in [-0.4, -0.2) is 69.1 Å². The van der Waals surface area contributed by atoms with Gasteiger partial charge in [0.2, 0.25) is 0 Å². The minimum absolute atomic E-state index is 0.0280. The predicted octanol–water partition coefficient (Wildman–Crippen LogP) is 3.38. The fourth-order valence-corrected chi connectivity index (χ4v) is 4.87. The first kappa shape index (κ1) is 20.8. The predicted molar refractivity (Wildman–Crippen MR) is 109 cm³/mol.